The van der Waals surface area contributed by atoms with Crippen LogP contribution in [0.5, 0.6) is 0 Å². The van der Waals surface area contributed by atoms with Crippen molar-refractivity contribution < 1.29 is 61.6 Å². The lowest BCUT2D eigenvalue weighted by atomic mass is 10.2. The van der Waals surface area contributed by atoms with E-state index in [1.165, 1.54) is 23.7 Å². The standard InChI is InChI=1S/C32H63IO13/c1-32(2,3)46-31(34)30-45-29-28-44-27-26-43-25-24-42-23-22-41-21-20-40-19-18-39-17-16-38-15-14-37-13-12-36-11-10-35-9-7-5-4-6-8-33/h4-30H2,1-3H3. The van der Waals surface area contributed by atoms with Crippen LogP contribution in [0.15, 0.2) is 0 Å². The third kappa shape index (κ3) is 41.8. The molecular weight excluding hydrogens is 719 g/mol. The van der Waals surface area contributed by atoms with Crippen LogP contribution >= 0.6 is 22.6 Å². The van der Waals surface area contributed by atoms with E-state index in [0.29, 0.717) is 132 Å². The van der Waals surface area contributed by atoms with Crippen molar-refractivity contribution in [1.29, 1.82) is 0 Å². The summed E-state index contributed by atoms with van der Waals surface area (Å²) in [5, 5.41) is 0. The molecule has 0 saturated carbocycles. The molecular formula is C32H63IO13. The van der Waals surface area contributed by atoms with Crippen LogP contribution in [0.2, 0.25) is 0 Å². The van der Waals surface area contributed by atoms with Crippen molar-refractivity contribution in [3.8, 4) is 0 Å². The molecule has 0 aliphatic heterocycles. The van der Waals surface area contributed by atoms with E-state index in [1.807, 2.05) is 20.8 Å². The summed E-state index contributed by atoms with van der Waals surface area (Å²) in [4.78, 5) is 11.5. The van der Waals surface area contributed by atoms with Gasteiger partial charge in [0.05, 0.1) is 132 Å². The van der Waals surface area contributed by atoms with Gasteiger partial charge >= 0.3 is 5.97 Å². The van der Waals surface area contributed by atoms with Crippen LogP contribution in [0.4, 0.5) is 0 Å². The lowest BCUT2D eigenvalue weighted by Crippen LogP contribution is -2.27. The Morgan fingerprint density at radius 2 is 0.652 bits per heavy atom. The predicted octanol–water partition coefficient (Wildman–Crippen LogP) is 3.51. The number of hydrogen-bond acceptors (Lipinski definition) is 13. The highest BCUT2D eigenvalue weighted by Gasteiger charge is 2.15. The highest BCUT2D eigenvalue weighted by atomic mass is 127. The van der Waals surface area contributed by atoms with Crippen LogP contribution in [-0.4, -0.2) is 161 Å². The van der Waals surface area contributed by atoms with Crippen LogP contribution in [-0.2, 0) is 61.6 Å². The second kappa shape index (κ2) is 37.6. The first-order chi connectivity index (χ1) is 22.5. The third-order valence-electron chi connectivity index (χ3n) is 5.53. The molecule has 0 bridgehead atoms. The SMILES string of the molecule is CC(C)(C)OC(=O)COCCOCCOCCOCCOCCOCCOCCOCCOCCOCCOCCCCCCI. The van der Waals surface area contributed by atoms with Crippen LogP contribution in [0.1, 0.15) is 46.5 Å². The molecule has 0 N–H and O–H groups in total. The van der Waals surface area contributed by atoms with E-state index in [9.17, 15) is 4.79 Å². The molecule has 276 valence electrons. The van der Waals surface area contributed by atoms with E-state index in [2.05, 4.69) is 22.6 Å². The lowest BCUT2D eigenvalue weighted by Gasteiger charge is -2.19. The maximum absolute atomic E-state index is 11.5. The molecule has 46 heavy (non-hydrogen) atoms. The van der Waals surface area contributed by atoms with Gasteiger partial charge in [-0.3, -0.25) is 0 Å². The molecule has 13 nitrogen and oxygen atoms in total. The second-order valence-corrected chi connectivity index (χ2v) is 11.9. The average Bonchev–Trinajstić information content (AvgIpc) is 3.01. The third-order valence-corrected chi connectivity index (χ3v) is 6.30. The Bertz CT molecular complexity index is 611. The van der Waals surface area contributed by atoms with E-state index < -0.39 is 5.60 Å². The van der Waals surface area contributed by atoms with Crippen molar-refractivity contribution in [3.05, 3.63) is 0 Å². The van der Waals surface area contributed by atoms with Crippen molar-refractivity contribution in [2.75, 3.05) is 150 Å². The maximum Gasteiger partial charge on any atom is 0.332 e. The van der Waals surface area contributed by atoms with Gasteiger partial charge in [-0.05, 0) is 38.0 Å². The Kier molecular flexibility index (Phi) is 37.4. The van der Waals surface area contributed by atoms with E-state index in [-0.39, 0.29) is 12.6 Å². The van der Waals surface area contributed by atoms with E-state index in [4.69, 9.17) is 56.8 Å². The van der Waals surface area contributed by atoms with Gasteiger partial charge in [0.15, 0.2) is 0 Å². The van der Waals surface area contributed by atoms with Crippen molar-refractivity contribution in [1.82, 2.24) is 0 Å². The summed E-state index contributed by atoms with van der Waals surface area (Å²) in [6, 6.07) is 0. The Balaban J connectivity index is 3.09. The molecule has 14 heteroatoms. The average molecular weight is 783 g/mol. The molecule has 0 amide bonds. The highest BCUT2D eigenvalue weighted by molar-refractivity contribution is 14.1. The second-order valence-electron chi connectivity index (χ2n) is 10.9. The first-order valence-electron chi connectivity index (χ1n) is 16.6. The predicted molar refractivity (Wildman–Crippen MR) is 182 cm³/mol. The van der Waals surface area contributed by atoms with E-state index in [1.54, 1.807) is 0 Å². The topological polar surface area (TPSA) is 128 Å². The Labute approximate surface area is 291 Å². The Morgan fingerprint density at radius 3 is 0.935 bits per heavy atom. The summed E-state index contributed by atoms with van der Waals surface area (Å²) < 4.78 is 66.3. The minimum atomic E-state index is -0.509. The molecule has 0 aromatic carbocycles. The lowest BCUT2D eigenvalue weighted by molar-refractivity contribution is -0.160. The number of halogens is 1. The zero-order valence-electron chi connectivity index (χ0n) is 28.8. The van der Waals surface area contributed by atoms with Crippen LogP contribution < -0.4 is 0 Å². The Hall–Kier alpha value is -0.240. The van der Waals surface area contributed by atoms with Crippen molar-refractivity contribution in [2.24, 2.45) is 0 Å². The molecule has 0 heterocycles. The molecule has 0 aliphatic carbocycles. The fourth-order valence-corrected chi connectivity index (χ4v) is 3.92. The largest absolute Gasteiger partial charge is 0.458 e. The van der Waals surface area contributed by atoms with Gasteiger partial charge in [0, 0.05) is 6.61 Å². The monoisotopic (exact) mass is 782 g/mol. The molecule has 0 spiro atoms. The van der Waals surface area contributed by atoms with Crippen molar-refractivity contribution >= 4 is 28.6 Å². The summed E-state index contributed by atoms with van der Waals surface area (Å²) in [5.41, 5.74) is -0.509. The minimum Gasteiger partial charge on any atom is -0.458 e. The van der Waals surface area contributed by atoms with Gasteiger partial charge in [0.1, 0.15) is 12.2 Å². The van der Waals surface area contributed by atoms with Crippen molar-refractivity contribution in [3.63, 3.8) is 0 Å². The van der Waals surface area contributed by atoms with Gasteiger partial charge in [-0.15, -0.1) is 0 Å². The fraction of sp³-hybridized carbons (Fsp3) is 0.969. The van der Waals surface area contributed by atoms with Crippen LogP contribution in [0.3, 0.4) is 0 Å². The number of carbonyl (C=O) groups excluding carboxylic acids is 1. The summed E-state index contributed by atoms with van der Waals surface area (Å²) in [7, 11) is 0. The molecule has 0 aromatic rings. The zero-order chi connectivity index (χ0) is 33.7. The zero-order valence-corrected chi connectivity index (χ0v) is 30.9. The molecule has 0 unspecified atom stereocenters. The van der Waals surface area contributed by atoms with Gasteiger partial charge in [0.25, 0.3) is 0 Å². The first kappa shape index (κ1) is 45.8. The van der Waals surface area contributed by atoms with E-state index >= 15 is 0 Å². The maximum atomic E-state index is 11.5. The number of unbranched alkanes of at least 4 members (excludes halogenated alkanes) is 3. The molecule has 0 fully saturated rings. The smallest absolute Gasteiger partial charge is 0.332 e. The number of ether oxygens (including phenoxy) is 12. The van der Waals surface area contributed by atoms with Gasteiger partial charge in [-0.25, -0.2) is 4.79 Å². The number of hydrogen-bond donors (Lipinski definition) is 0. The summed E-state index contributed by atoms with van der Waals surface area (Å²) in [5.74, 6) is -0.384. The molecule has 0 atom stereocenters. The van der Waals surface area contributed by atoms with Crippen molar-refractivity contribution in [2.45, 2.75) is 52.1 Å². The summed E-state index contributed by atoms with van der Waals surface area (Å²) in [6.45, 7) is 16.2. The number of rotatable bonds is 38. The van der Waals surface area contributed by atoms with Gasteiger partial charge in [0.2, 0.25) is 0 Å². The molecule has 0 aromatic heterocycles. The molecule has 0 rings (SSSR count). The highest BCUT2D eigenvalue weighted by Crippen LogP contribution is 2.06. The van der Waals surface area contributed by atoms with Gasteiger partial charge < -0.3 is 56.8 Å². The molecule has 0 aliphatic rings. The fourth-order valence-electron chi connectivity index (χ4n) is 3.38. The summed E-state index contributed by atoms with van der Waals surface area (Å²) in [6.07, 6.45) is 4.97. The quantitative estimate of drug-likeness (QED) is 0.0393. The molecule has 0 saturated heterocycles. The van der Waals surface area contributed by atoms with Crippen LogP contribution in [0, 0.1) is 0 Å². The van der Waals surface area contributed by atoms with Gasteiger partial charge in [-0.2, -0.15) is 0 Å². The minimum absolute atomic E-state index is 0.0808. The number of esters is 1. The molecule has 0 radical (unpaired) electrons. The Morgan fingerprint density at radius 1 is 0.391 bits per heavy atom. The number of alkyl halides is 1. The van der Waals surface area contributed by atoms with Crippen LogP contribution in [0.25, 0.3) is 0 Å². The number of carbonyl (C=O) groups is 1. The first-order valence-corrected chi connectivity index (χ1v) is 18.1. The normalized spacial score (nSPS) is 11.8. The van der Waals surface area contributed by atoms with E-state index in [0.717, 1.165) is 13.0 Å². The van der Waals surface area contributed by atoms with Gasteiger partial charge in [-0.1, -0.05) is 35.4 Å². The summed E-state index contributed by atoms with van der Waals surface area (Å²) >= 11 is 2.42.